The summed E-state index contributed by atoms with van der Waals surface area (Å²) in [6, 6.07) is 5.88. The zero-order valence-corrected chi connectivity index (χ0v) is 18.0. The van der Waals surface area contributed by atoms with Crippen molar-refractivity contribution in [3.8, 4) is 0 Å². The molecule has 0 aliphatic rings. The van der Waals surface area contributed by atoms with Crippen molar-refractivity contribution < 1.29 is 14.3 Å². The largest absolute Gasteiger partial charge is 0.457 e. The second-order valence-electron chi connectivity index (χ2n) is 6.84. The fourth-order valence-corrected chi connectivity index (χ4v) is 3.88. The number of aromatic nitrogens is 3. The van der Waals surface area contributed by atoms with Crippen molar-refractivity contribution in [3.05, 3.63) is 52.5 Å². The zero-order valence-electron chi connectivity index (χ0n) is 17.2. The quantitative estimate of drug-likeness (QED) is 0.259. The molecule has 29 heavy (non-hydrogen) atoms. The number of esters is 1. The zero-order chi connectivity index (χ0) is 21.0. The highest BCUT2D eigenvalue weighted by Crippen LogP contribution is 2.23. The average molecular weight is 412 g/mol. The molecule has 0 saturated heterocycles. The summed E-state index contributed by atoms with van der Waals surface area (Å²) in [6.07, 6.45) is 5.18. The Morgan fingerprint density at radius 1 is 1.17 bits per heavy atom. The third-order valence-corrected chi connectivity index (χ3v) is 5.56. The summed E-state index contributed by atoms with van der Waals surface area (Å²) in [5.74, 6) is -0.613. The number of ether oxygens (including phenoxy) is 1. The maximum Gasteiger partial charge on any atom is 0.306 e. The molecule has 0 spiro atoms. The number of benzene rings is 1. The van der Waals surface area contributed by atoms with E-state index in [-0.39, 0.29) is 18.8 Å². The molecule has 152 valence electrons. The van der Waals surface area contributed by atoms with Gasteiger partial charge in [0.05, 0.1) is 0 Å². The smallest absolute Gasteiger partial charge is 0.306 e. The van der Waals surface area contributed by atoms with Crippen molar-refractivity contribution in [1.82, 2.24) is 15.0 Å². The molecule has 7 heteroatoms. The second-order valence-corrected chi connectivity index (χ2v) is 7.61. The van der Waals surface area contributed by atoms with Gasteiger partial charge in [-0.15, -0.1) is 0 Å². The minimum Gasteiger partial charge on any atom is -0.457 e. The van der Waals surface area contributed by atoms with Crippen LogP contribution in [0, 0.1) is 13.8 Å². The lowest BCUT2D eigenvalue weighted by Gasteiger charge is -2.10. The Hall–Kier alpha value is -2.67. The number of rotatable bonds is 8. The number of para-hydroxylation sites is 1. The summed E-state index contributed by atoms with van der Waals surface area (Å²) in [6.45, 7) is 5.64. The standard InChI is InChI=1S/C22H25N3O3S/c1-5-15-7-6-8-17-18(11-23-21(15)17)19(26)12-28-20(27)10-9-16-13(2)24-22(29-4)25-14(16)3/h6-8,11,23H,5,9-10,12H2,1-4H3. The van der Waals surface area contributed by atoms with Gasteiger partial charge in [-0.1, -0.05) is 36.9 Å². The normalized spacial score (nSPS) is 11.0. The molecule has 0 bridgehead atoms. The monoisotopic (exact) mass is 411 g/mol. The number of thioether (sulfide) groups is 1. The number of aryl methyl sites for hydroxylation is 3. The minimum absolute atomic E-state index is 0.185. The maximum atomic E-state index is 12.6. The van der Waals surface area contributed by atoms with Gasteiger partial charge in [0.1, 0.15) is 0 Å². The van der Waals surface area contributed by atoms with E-state index in [1.807, 2.05) is 38.3 Å². The molecule has 0 unspecified atom stereocenters. The summed E-state index contributed by atoms with van der Waals surface area (Å²) < 4.78 is 5.23. The molecule has 2 heterocycles. The lowest BCUT2D eigenvalue weighted by atomic mass is 10.1. The van der Waals surface area contributed by atoms with Crippen LogP contribution in [0.25, 0.3) is 10.9 Å². The molecule has 0 saturated carbocycles. The number of ketones is 1. The molecule has 0 radical (unpaired) electrons. The first-order chi connectivity index (χ1) is 13.9. The molecule has 6 nitrogen and oxygen atoms in total. The van der Waals surface area contributed by atoms with Crippen molar-refractivity contribution in [2.24, 2.45) is 0 Å². The maximum absolute atomic E-state index is 12.6. The van der Waals surface area contributed by atoms with E-state index in [2.05, 4.69) is 21.9 Å². The Bertz CT molecular complexity index is 1040. The highest BCUT2D eigenvalue weighted by Gasteiger charge is 2.16. The van der Waals surface area contributed by atoms with Crippen molar-refractivity contribution >= 4 is 34.4 Å². The predicted octanol–water partition coefficient (Wildman–Crippen LogP) is 4.22. The number of Topliss-reactive ketones (excluding diaryl/α,β-unsaturated/α-hetero) is 1. The fraction of sp³-hybridized carbons (Fsp3) is 0.364. The minimum atomic E-state index is -0.403. The van der Waals surface area contributed by atoms with Gasteiger partial charge >= 0.3 is 5.97 Å². The van der Waals surface area contributed by atoms with Gasteiger partial charge in [-0.05, 0) is 44.1 Å². The SMILES string of the molecule is CCc1cccc2c(C(=O)COC(=O)CCc3c(C)nc(SC)nc3C)c[nH]c12. The first-order valence-corrected chi connectivity index (χ1v) is 10.8. The molecule has 1 N–H and O–H groups in total. The molecule has 0 fully saturated rings. The van der Waals surface area contributed by atoms with Gasteiger partial charge in [-0.3, -0.25) is 9.59 Å². The van der Waals surface area contributed by atoms with Crippen LogP contribution in [0.3, 0.4) is 0 Å². The van der Waals surface area contributed by atoms with Crippen LogP contribution in [0.15, 0.2) is 29.6 Å². The number of fused-ring (bicyclic) bond motifs is 1. The number of carbonyl (C=O) groups is 2. The molecule has 0 aliphatic carbocycles. The highest BCUT2D eigenvalue weighted by molar-refractivity contribution is 7.98. The number of hydrogen-bond acceptors (Lipinski definition) is 6. The van der Waals surface area contributed by atoms with Crippen molar-refractivity contribution in [2.75, 3.05) is 12.9 Å². The first-order valence-electron chi connectivity index (χ1n) is 9.60. The van der Waals surface area contributed by atoms with Gasteiger partial charge in [0.15, 0.2) is 11.8 Å². The number of H-pyrrole nitrogens is 1. The third-order valence-electron chi connectivity index (χ3n) is 5.01. The van der Waals surface area contributed by atoms with Gasteiger partial charge in [-0.25, -0.2) is 9.97 Å². The number of aromatic amines is 1. The van der Waals surface area contributed by atoms with E-state index in [0.29, 0.717) is 12.0 Å². The van der Waals surface area contributed by atoms with E-state index >= 15 is 0 Å². The van der Waals surface area contributed by atoms with Crippen LogP contribution in [0.4, 0.5) is 0 Å². The number of carbonyl (C=O) groups excluding carboxylic acids is 2. The first kappa shape index (κ1) is 21.0. The number of nitrogens with one attached hydrogen (secondary N) is 1. The number of hydrogen-bond donors (Lipinski definition) is 1. The second kappa shape index (κ2) is 9.22. The van der Waals surface area contributed by atoms with E-state index in [0.717, 1.165) is 45.0 Å². The average Bonchev–Trinajstić information content (AvgIpc) is 3.15. The Labute approximate surface area is 174 Å². The van der Waals surface area contributed by atoms with Gasteiger partial charge in [-0.2, -0.15) is 0 Å². The van der Waals surface area contributed by atoms with Gasteiger partial charge in [0.25, 0.3) is 0 Å². The molecule has 3 aromatic rings. The van der Waals surface area contributed by atoms with Crippen LogP contribution in [0.1, 0.15) is 46.2 Å². The van der Waals surface area contributed by atoms with Gasteiger partial charge in [0.2, 0.25) is 5.78 Å². The summed E-state index contributed by atoms with van der Waals surface area (Å²) in [4.78, 5) is 36.7. The summed E-state index contributed by atoms with van der Waals surface area (Å²) in [5, 5.41) is 1.59. The lowest BCUT2D eigenvalue weighted by Crippen LogP contribution is -2.15. The lowest BCUT2D eigenvalue weighted by molar-refractivity contribution is -0.142. The van der Waals surface area contributed by atoms with Crippen molar-refractivity contribution in [3.63, 3.8) is 0 Å². The van der Waals surface area contributed by atoms with Crippen molar-refractivity contribution in [2.45, 2.75) is 45.2 Å². The molecule has 2 aromatic heterocycles. The molecular weight excluding hydrogens is 386 g/mol. The van der Waals surface area contributed by atoms with Crippen LogP contribution >= 0.6 is 11.8 Å². The topological polar surface area (TPSA) is 84.9 Å². The van der Waals surface area contributed by atoms with Crippen molar-refractivity contribution in [1.29, 1.82) is 0 Å². The molecule has 0 amide bonds. The fourth-order valence-electron chi connectivity index (χ4n) is 3.43. The molecule has 1 aromatic carbocycles. The van der Waals surface area contributed by atoms with E-state index in [1.54, 1.807) is 6.20 Å². The predicted molar refractivity (Wildman–Crippen MR) is 115 cm³/mol. The van der Waals surface area contributed by atoms with E-state index < -0.39 is 5.97 Å². The van der Waals surface area contributed by atoms with E-state index in [4.69, 9.17) is 4.74 Å². The summed E-state index contributed by atoms with van der Waals surface area (Å²) in [5.41, 5.74) is 5.36. The van der Waals surface area contributed by atoms with E-state index in [9.17, 15) is 9.59 Å². The molecule has 3 rings (SSSR count). The van der Waals surface area contributed by atoms with Crippen LogP contribution < -0.4 is 0 Å². The molecular formula is C22H25N3O3S. The van der Waals surface area contributed by atoms with Crippen LogP contribution in [-0.2, 0) is 22.4 Å². The Morgan fingerprint density at radius 3 is 2.55 bits per heavy atom. The summed E-state index contributed by atoms with van der Waals surface area (Å²) in [7, 11) is 0. The van der Waals surface area contributed by atoms with Crippen LogP contribution in [0.5, 0.6) is 0 Å². The third kappa shape index (κ3) is 4.67. The number of nitrogens with zero attached hydrogens (tertiary/aromatic N) is 2. The Morgan fingerprint density at radius 2 is 1.90 bits per heavy atom. The highest BCUT2D eigenvalue weighted by atomic mass is 32.2. The Kier molecular flexibility index (Phi) is 6.69. The summed E-state index contributed by atoms with van der Waals surface area (Å²) >= 11 is 1.49. The molecule has 0 aliphatic heterocycles. The Balaban J connectivity index is 1.60. The molecule has 0 atom stereocenters. The van der Waals surface area contributed by atoms with Gasteiger partial charge in [0, 0.05) is 40.5 Å². The van der Waals surface area contributed by atoms with Crippen LogP contribution in [-0.4, -0.2) is 39.6 Å². The van der Waals surface area contributed by atoms with Gasteiger partial charge < -0.3 is 9.72 Å². The van der Waals surface area contributed by atoms with E-state index in [1.165, 1.54) is 11.8 Å². The van der Waals surface area contributed by atoms with Crippen LogP contribution in [0.2, 0.25) is 0 Å².